The fourth-order valence-electron chi connectivity index (χ4n) is 2.75. The third-order valence-electron chi connectivity index (χ3n) is 4.07. The summed E-state index contributed by atoms with van der Waals surface area (Å²) in [5, 5.41) is 6.03. The number of carbonyl (C=O) groups excluding carboxylic acids is 1. The second kappa shape index (κ2) is 8.36. The van der Waals surface area contributed by atoms with Crippen molar-refractivity contribution < 1.29 is 14.1 Å². The molecule has 1 aliphatic heterocycles. The van der Waals surface area contributed by atoms with E-state index in [2.05, 4.69) is 15.0 Å². The van der Waals surface area contributed by atoms with Crippen LogP contribution >= 0.6 is 11.3 Å². The van der Waals surface area contributed by atoms with Gasteiger partial charge in [0.05, 0.1) is 4.88 Å². The zero-order valence-corrected chi connectivity index (χ0v) is 14.6. The first-order chi connectivity index (χ1) is 11.8. The summed E-state index contributed by atoms with van der Waals surface area (Å²) in [6.07, 6.45) is 1.75. The van der Waals surface area contributed by atoms with Crippen molar-refractivity contribution >= 4 is 17.2 Å². The minimum Gasteiger partial charge on any atom is -0.375 e. The molecule has 7 nitrogen and oxygen atoms in total. The molecule has 130 valence electrons. The Morgan fingerprint density at radius 2 is 2.21 bits per heavy atom. The van der Waals surface area contributed by atoms with Crippen LogP contribution in [0.15, 0.2) is 22.0 Å². The predicted molar refractivity (Wildman–Crippen MR) is 90.8 cm³/mol. The summed E-state index contributed by atoms with van der Waals surface area (Å²) in [6, 6.07) is 3.97. The van der Waals surface area contributed by atoms with E-state index >= 15 is 0 Å². The molecule has 8 heteroatoms. The van der Waals surface area contributed by atoms with Crippen molar-refractivity contribution in [3.8, 4) is 10.7 Å². The summed E-state index contributed by atoms with van der Waals surface area (Å²) in [5.41, 5.74) is 0. The van der Waals surface area contributed by atoms with Crippen LogP contribution in [0.1, 0.15) is 12.3 Å². The Kier molecular flexibility index (Phi) is 5.95. The van der Waals surface area contributed by atoms with E-state index < -0.39 is 0 Å². The van der Waals surface area contributed by atoms with Gasteiger partial charge in [-0.1, -0.05) is 11.2 Å². The second-order valence-electron chi connectivity index (χ2n) is 5.75. The van der Waals surface area contributed by atoms with Crippen molar-refractivity contribution in [3.63, 3.8) is 0 Å². The van der Waals surface area contributed by atoms with Gasteiger partial charge >= 0.3 is 0 Å². The van der Waals surface area contributed by atoms with E-state index in [1.165, 1.54) is 0 Å². The number of carbonyl (C=O) groups is 1. The molecular weight excluding hydrogens is 328 g/mol. The van der Waals surface area contributed by atoms with Crippen LogP contribution in [-0.2, 0) is 16.0 Å². The Labute approximate surface area is 145 Å². The summed E-state index contributed by atoms with van der Waals surface area (Å²) >= 11 is 1.61. The summed E-state index contributed by atoms with van der Waals surface area (Å²) in [5.74, 6) is 1.43. The Morgan fingerprint density at radius 3 is 2.92 bits per heavy atom. The lowest BCUT2D eigenvalue weighted by atomic mass is 10.2. The van der Waals surface area contributed by atoms with Gasteiger partial charge in [0.1, 0.15) is 6.61 Å². The number of aryl methyl sites for hydroxylation is 1. The third kappa shape index (κ3) is 4.40. The fraction of sp³-hybridized carbons (Fsp3) is 0.562. The molecule has 0 atom stereocenters. The van der Waals surface area contributed by atoms with Gasteiger partial charge in [-0.25, -0.2) is 0 Å². The lowest BCUT2D eigenvalue weighted by Crippen LogP contribution is -2.49. The SMILES string of the molecule is COCC(=O)N1CCN(CCCc2nc(-c3cccs3)no2)CC1. The van der Waals surface area contributed by atoms with Crippen molar-refractivity contribution in [3.05, 3.63) is 23.4 Å². The number of rotatable bonds is 7. The largest absolute Gasteiger partial charge is 0.375 e. The van der Waals surface area contributed by atoms with Crippen LogP contribution < -0.4 is 0 Å². The van der Waals surface area contributed by atoms with Gasteiger partial charge < -0.3 is 14.2 Å². The number of amides is 1. The Bertz CT molecular complexity index is 636. The van der Waals surface area contributed by atoms with Crippen LogP contribution in [0.25, 0.3) is 10.7 Å². The minimum atomic E-state index is 0.0733. The van der Waals surface area contributed by atoms with Gasteiger partial charge in [-0.3, -0.25) is 9.69 Å². The number of aromatic nitrogens is 2. The van der Waals surface area contributed by atoms with Crippen molar-refractivity contribution in [1.29, 1.82) is 0 Å². The molecule has 24 heavy (non-hydrogen) atoms. The van der Waals surface area contributed by atoms with Gasteiger partial charge in [-0.2, -0.15) is 4.98 Å². The normalized spacial score (nSPS) is 15.8. The maximum Gasteiger partial charge on any atom is 0.248 e. The summed E-state index contributed by atoms with van der Waals surface area (Å²) < 4.78 is 10.2. The fourth-order valence-corrected chi connectivity index (χ4v) is 3.40. The second-order valence-corrected chi connectivity index (χ2v) is 6.70. The predicted octanol–water partition coefficient (Wildman–Crippen LogP) is 1.52. The average molecular weight is 350 g/mol. The maximum absolute atomic E-state index is 11.8. The Balaban J connectivity index is 1.38. The van der Waals surface area contributed by atoms with E-state index in [-0.39, 0.29) is 12.5 Å². The average Bonchev–Trinajstić information content (AvgIpc) is 3.27. The van der Waals surface area contributed by atoms with Crippen molar-refractivity contribution in [2.75, 3.05) is 46.4 Å². The van der Waals surface area contributed by atoms with Crippen LogP contribution in [0, 0.1) is 0 Å². The zero-order chi connectivity index (χ0) is 16.8. The van der Waals surface area contributed by atoms with Gasteiger partial charge in [0.15, 0.2) is 0 Å². The van der Waals surface area contributed by atoms with Gasteiger partial charge in [0, 0.05) is 39.7 Å². The molecule has 3 heterocycles. The molecule has 0 aromatic carbocycles. The highest BCUT2D eigenvalue weighted by Gasteiger charge is 2.20. The molecule has 1 aliphatic rings. The molecule has 0 spiro atoms. The van der Waals surface area contributed by atoms with Crippen molar-refractivity contribution in [2.24, 2.45) is 0 Å². The van der Waals surface area contributed by atoms with Gasteiger partial charge in [-0.15, -0.1) is 11.3 Å². The lowest BCUT2D eigenvalue weighted by molar-refractivity contribution is -0.136. The number of nitrogens with zero attached hydrogens (tertiary/aromatic N) is 4. The van der Waals surface area contributed by atoms with Gasteiger partial charge in [-0.05, 0) is 24.4 Å². The minimum absolute atomic E-state index is 0.0733. The molecule has 2 aromatic rings. The maximum atomic E-state index is 11.8. The number of thiophene rings is 1. The zero-order valence-electron chi connectivity index (χ0n) is 13.8. The number of piperazine rings is 1. The molecule has 1 fully saturated rings. The molecule has 0 saturated carbocycles. The summed E-state index contributed by atoms with van der Waals surface area (Å²) in [4.78, 5) is 21.5. The van der Waals surface area contributed by atoms with E-state index in [4.69, 9.17) is 9.26 Å². The number of methoxy groups -OCH3 is 1. The van der Waals surface area contributed by atoms with E-state index in [0.717, 1.165) is 50.4 Å². The summed E-state index contributed by atoms with van der Waals surface area (Å²) in [7, 11) is 1.55. The number of ether oxygens (including phenoxy) is 1. The number of hydrogen-bond acceptors (Lipinski definition) is 7. The highest BCUT2D eigenvalue weighted by Crippen LogP contribution is 2.21. The van der Waals surface area contributed by atoms with Crippen LogP contribution in [-0.4, -0.2) is 72.3 Å². The van der Waals surface area contributed by atoms with E-state index in [1.807, 2.05) is 22.4 Å². The van der Waals surface area contributed by atoms with Crippen LogP contribution in [0.4, 0.5) is 0 Å². The first kappa shape index (κ1) is 17.1. The molecule has 0 N–H and O–H groups in total. The van der Waals surface area contributed by atoms with E-state index in [1.54, 1.807) is 18.4 Å². The molecule has 0 aliphatic carbocycles. The highest BCUT2D eigenvalue weighted by atomic mass is 32.1. The molecule has 3 rings (SSSR count). The van der Waals surface area contributed by atoms with Crippen molar-refractivity contribution in [2.45, 2.75) is 12.8 Å². The first-order valence-electron chi connectivity index (χ1n) is 8.12. The Morgan fingerprint density at radius 1 is 1.38 bits per heavy atom. The third-order valence-corrected chi connectivity index (χ3v) is 4.93. The molecule has 1 amide bonds. The molecule has 0 bridgehead atoms. The summed E-state index contributed by atoms with van der Waals surface area (Å²) in [6.45, 7) is 4.49. The lowest BCUT2D eigenvalue weighted by Gasteiger charge is -2.34. The van der Waals surface area contributed by atoms with Crippen LogP contribution in [0.5, 0.6) is 0 Å². The first-order valence-corrected chi connectivity index (χ1v) is 9.00. The topological polar surface area (TPSA) is 71.7 Å². The smallest absolute Gasteiger partial charge is 0.248 e. The monoisotopic (exact) mass is 350 g/mol. The molecular formula is C16H22N4O3S. The van der Waals surface area contributed by atoms with E-state index in [0.29, 0.717) is 11.7 Å². The number of hydrogen-bond donors (Lipinski definition) is 0. The van der Waals surface area contributed by atoms with Crippen LogP contribution in [0.3, 0.4) is 0 Å². The van der Waals surface area contributed by atoms with Crippen LogP contribution in [0.2, 0.25) is 0 Å². The van der Waals surface area contributed by atoms with E-state index in [9.17, 15) is 4.79 Å². The van der Waals surface area contributed by atoms with Crippen molar-refractivity contribution in [1.82, 2.24) is 19.9 Å². The quantitative estimate of drug-likeness (QED) is 0.754. The molecule has 2 aromatic heterocycles. The van der Waals surface area contributed by atoms with Gasteiger partial charge in [0.25, 0.3) is 0 Å². The Hall–Kier alpha value is -1.77. The molecule has 0 radical (unpaired) electrons. The molecule has 0 unspecified atom stereocenters. The molecule has 1 saturated heterocycles. The van der Waals surface area contributed by atoms with Gasteiger partial charge in [0.2, 0.25) is 17.6 Å². The standard InChI is InChI=1S/C16H22N4O3S/c1-22-12-15(21)20-9-7-19(8-10-20)6-2-5-14-17-16(18-23-14)13-4-3-11-24-13/h3-4,11H,2,5-10,12H2,1H3. The highest BCUT2D eigenvalue weighted by molar-refractivity contribution is 7.13.